The number of hydrogen-bond donors (Lipinski definition) is 1. The number of rotatable bonds is 3. The Balaban J connectivity index is 0.00000208. The number of nitrogens with zero attached hydrogens (tertiary/aromatic N) is 3. The zero-order valence-corrected chi connectivity index (χ0v) is 15.0. The van der Waals surface area contributed by atoms with Crippen LogP contribution in [0.2, 0.25) is 0 Å². The minimum atomic E-state index is 0. The number of hydrogen-bond acceptors (Lipinski definition) is 3. The second kappa shape index (κ2) is 7.81. The number of piperidine rings is 1. The van der Waals surface area contributed by atoms with Gasteiger partial charge in [-0.05, 0) is 56.0 Å². The topological polar surface area (TPSA) is 64.2 Å². The first-order valence-corrected chi connectivity index (χ1v) is 8.22. The van der Waals surface area contributed by atoms with E-state index in [0.717, 1.165) is 30.8 Å². The Bertz CT molecular complexity index is 683. The first-order chi connectivity index (χ1) is 11.1. The Hall–Kier alpha value is -1.85. The van der Waals surface area contributed by atoms with Gasteiger partial charge in [-0.25, -0.2) is 4.68 Å². The van der Waals surface area contributed by atoms with Gasteiger partial charge in [-0.1, -0.05) is 6.92 Å². The lowest BCUT2D eigenvalue weighted by molar-refractivity contribution is 0.0573. The molecule has 24 heavy (non-hydrogen) atoms. The number of amides is 1. The van der Waals surface area contributed by atoms with Crippen molar-refractivity contribution in [2.75, 3.05) is 13.1 Å². The first-order valence-electron chi connectivity index (χ1n) is 8.22. The number of aromatic nitrogens is 2. The number of carbonyl (C=O) groups excluding carboxylic acids is 1. The number of benzene rings is 1. The average Bonchev–Trinajstić information content (AvgIpc) is 3.00. The molecule has 1 aliphatic heterocycles. The van der Waals surface area contributed by atoms with Gasteiger partial charge in [-0.3, -0.25) is 4.79 Å². The number of carbonyl (C=O) groups is 1. The monoisotopic (exact) mass is 348 g/mol. The minimum Gasteiger partial charge on any atom is -0.334 e. The highest BCUT2D eigenvalue weighted by Crippen LogP contribution is 2.24. The van der Waals surface area contributed by atoms with E-state index in [1.807, 2.05) is 46.8 Å². The van der Waals surface area contributed by atoms with Crippen LogP contribution in [0.25, 0.3) is 5.69 Å². The third-order valence-corrected chi connectivity index (χ3v) is 4.70. The highest BCUT2D eigenvalue weighted by molar-refractivity contribution is 5.94. The Morgan fingerprint density at radius 2 is 2.00 bits per heavy atom. The molecule has 0 aliphatic carbocycles. The van der Waals surface area contributed by atoms with Crippen LogP contribution >= 0.6 is 12.4 Å². The Labute approximate surface area is 149 Å². The van der Waals surface area contributed by atoms with E-state index in [1.54, 1.807) is 6.20 Å². The summed E-state index contributed by atoms with van der Waals surface area (Å²) in [6.45, 7) is 5.56. The molecule has 1 fully saturated rings. The fourth-order valence-electron chi connectivity index (χ4n) is 3.29. The second-order valence-electron chi connectivity index (χ2n) is 6.45. The Morgan fingerprint density at radius 1 is 1.29 bits per heavy atom. The summed E-state index contributed by atoms with van der Waals surface area (Å²) < 4.78 is 1.86. The largest absolute Gasteiger partial charge is 0.334 e. The third-order valence-electron chi connectivity index (χ3n) is 4.70. The molecule has 1 amide bonds. The zero-order chi connectivity index (χ0) is 16.4. The fraction of sp³-hybridized carbons (Fsp3) is 0.444. The van der Waals surface area contributed by atoms with E-state index in [9.17, 15) is 4.79 Å². The molecular formula is C18H25ClN4O. The van der Waals surface area contributed by atoms with Gasteiger partial charge in [0.05, 0.1) is 5.69 Å². The summed E-state index contributed by atoms with van der Waals surface area (Å²) in [5.41, 5.74) is 8.62. The molecule has 2 heterocycles. The van der Waals surface area contributed by atoms with Crippen molar-refractivity contribution in [2.45, 2.75) is 32.7 Å². The highest BCUT2D eigenvalue weighted by atomic mass is 35.5. The van der Waals surface area contributed by atoms with E-state index in [4.69, 9.17) is 5.73 Å². The van der Waals surface area contributed by atoms with Crippen molar-refractivity contribution in [3.8, 4) is 5.69 Å². The van der Waals surface area contributed by atoms with Crippen molar-refractivity contribution >= 4 is 18.3 Å². The maximum Gasteiger partial charge on any atom is 0.254 e. The van der Waals surface area contributed by atoms with Crippen LogP contribution in [0, 0.1) is 12.8 Å². The SMILES string of the molecule is Cc1ccnn1-c1ccc(C(=O)N2CCC(C)CC2CN)cc1.Cl. The van der Waals surface area contributed by atoms with Gasteiger partial charge in [0.15, 0.2) is 0 Å². The highest BCUT2D eigenvalue weighted by Gasteiger charge is 2.29. The lowest BCUT2D eigenvalue weighted by Crippen LogP contribution is -2.49. The predicted octanol–water partition coefficient (Wildman–Crippen LogP) is 2.80. The fourth-order valence-corrected chi connectivity index (χ4v) is 3.29. The molecule has 2 atom stereocenters. The number of likely N-dealkylation sites (tertiary alicyclic amines) is 1. The van der Waals surface area contributed by atoms with Gasteiger partial charge in [0.1, 0.15) is 0 Å². The molecule has 2 unspecified atom stereocenters. The molecule has 130 valence electrons. The van der Waals surface area contributed by atoms with Crippen LogP contribution in [0.4, 0.5) is 0 Å². The van der Waals surface area contributed by atoms with Gasteiger partial charge >= 0.3 is 0 Å². The number of nitrogens with two attached hydrogens (primary N) is 1. The van der Waals surface area contributed by atoms with Crippen LogP contribution in [0.3, 0.4) is 0 Å². The molecule has 2 N–H and O–H groups in total. The van der Waals surface area contributed by atoms with E-state index < -0.39 is 0 Å². The maximum atomic E-state index is 12.8. The summed E-state index contributed by atoms with van der Waals surface area (Å²) in [5.74, 6) is 0.717. The van der Waals surface area contributed by atoms with E-state index in [0.29, 0.717) is 18.0 Å². The zero-order valence-electron chi connectivity index (χ0n) is 14.2. The van der Waals surface area contributed by atoms with Crippen LogP contribution in [0.1, 0.15) is 35.8 Å². The van der Waals surface area contributed by atoms with Gasteiger partial charge in [-0.2, -0.15) is 5.10 Å². The van der Waals surface area contributed by atoms with Crippen molar-refractivity contribution < 1.29 is 4.79 Å². The Morgan fingerprint density at radius 3 is 2.58 bits per heavy atom. The second-order valence-corrected chi connectivity index (χ2v) is 6.45. The van der Waals surface area contributed by atoms with Gasteiger partial charge in [0.25, 0.3) is 5.91 Å². The smallest absolute Gasteiger partial charge is 0.254 e. The van der Waals surface area contributed by atoms with Crippen molar-refractivity contribution in [3.05, 3.63) is 47.8 Å². The molecule has 3 rings (SSSR count). The van der Waals surface area contributed by atoms with E-state index in [1.165, 1.54) is 0 Å². The molecule has 6 heteroatoms. The van der Waals surface area contributed by atoms with Crippen LogP contribution in [0.15, 0.2) is 36.5 Å². The van der Waals surface area contributed by atoms with Crippen LogP contribution in [0.5, 0.6) is 0 Å². The first kappa shape index (κ1) is 18.5. The van der Waals surface area contributed by atoms with Gasteiger partial charge in [0.2, 0.25) is 0 Å². The molecule has 0 spiro atoms. The Kier molecular flexibility index (Phi) is 6.02. The van der Waals surface area contributed by atoms with Crippen molar-refractivity contribution in [2.24, 2.45) is 11.7 Å². The molecular weight excluding hydrogens is 324 g/mol. The van der Waals surface area contributed by atoms with Crippen molar-refractivity contribution in [3.63, 3.8) is 0 Å². The summed E-state index contributed by atoms with van der Waals surface area (Å²) >= 11 is 0. The summed E-state index contributed by atoms with van der Waals surface area (Å²) in [4.78, 5) is 14.7. The molecule has 0 bridgehead atoms. The van der Waals surface area contributed by atoms with Crippen LogP contribution in [-0.4, -0.2) is 39.7 Å². The number of aryl methyl sites for hydroxylation is 1. The minimum absolute atomic E-state index is 0. The van der Waals surface area contributed by atoms with Crippen molar-refractivity contribution in [1.29, 1.82) is 0 Å². The van der Waals surface area contributed by atoms with Crippen LogP contribution < -0.4 is 5.73 Å². The summed E-state index contributed by atoms with van der Waals surface area (Å²) in [5, 5.41) is 4.29. The molecule has 0 saturated carbocycles. The lowest BCUT2D eigenvalue weighted by Gasteiger charge is -2.38. The molecule has 0 radical (unpaired) electrons. The molecule has 2 aromatic rings. The quantitative estimate of drug-likeness (QED) is 0.927. The van der Waals surface area contributed by atoms with E-state index in [-0.39, 0.29) is 24.4 Å². The normalized spacial score (nSPS) is 20.5. The molecule has 1 aromatic heterocycles. The number of halogens is 1. The molecule has 1 aromatic carbocycles. The van der Waals surface area contributed by atoms with Crippen molar-refractivity contribution in [1.82, 2.24) is 14.7 Å². The molecule has 5 nitrogen and oxygen atoms in total. The summed E-state index contributed by atoms with van der Waals surface area (Å²) in [6, 6.07) is 9.75. The molecule has 1 saturated heterocycles. The van der Waals surface area contributed by atoms with Crippen LogP contribution in [-0.2, 0) is 0 Å². The predicted molar refractivity (Wildman–Crippen MR) is 97.8 cm³/mol. The molecule has 1 aliphatic rings. The van der Waals surface area contributed by atoms with Gasteiger partial charge < -0.3 is 10.6 Å². The van der Waals surface area contributed by atoms with E-state index >= 15 is 0 Å². The van der Waals surface area contributed by atoms with Gasteiger partial charge in [-0.15, -0.1) is 12.4 Å². The lowest BCUT2D eigenvalue weighted by atomic mass is 9.92. The standard InChI is InChI=1S/C18H24N4O.ClH/c1-13-8-10-21(17(11-13)12-19)18(23)15-3-5-16(6-4-15)22-14(2)7-9-20-22;/h3-7,9,13,17H,8,10-12,19H2,1-2H3;1H. The van der Waals surface area contributed by atoms with E-state index in [2.05, 4.69) is 12.0 Å². The summed E-state index contributed by atoms with van der Waals surface area (Å²) in [7, 11) is 0. The summed E-state index contributed by atoms with van der Waals surface area (Å²) in [6.07, 6.45) is 3.81. The van der Waals surface area contributed by atoms with Gasteiger partial charge in [0, 0.05) is 36.6 Å². The average molecular weight is 349 g/mol. The maximum absolute atomic E-state index is 12.8. The third kappa shape index (κ3) is 3.62.